The number of aliphatic hydroxyl groups is 3. The number of benzene rings is 3. The Morgan fingerprint density at radius 2 is 1.74 bits per heavy atom. The van der Waals surface area contributed by atoms with Crippen molar-refractivity contribution in [3.05, 3.63) is 111 Å². The molecule has 4 aromatic rings. The average Bonchev–Trinajstić information content (AvgIpc) is 4.00. The minimum Gasteiger partial charge on any atom is -0.507 e. The van der Waals surface area contributed by atoms with Gasteiger partial charge in [-0.15, -0.1) is 0 Å². The molecule has 5 aliphatic rings. The highest BCUT2D eigenvalue weighted by Crippen LogP contribution is 2.70. The third-order valence-electron chi connectivity index (χ3n) is 15.5. The van der Waals surface area contributed by atoms with Gasteiger partial charge in [0.2, 0.25) is 0 Å². The number of aryl methyl sites for hydroxylation is 1. The van der Waals surface area contributed by atoms with Crippen LogP contribution in [0.15, 0.2) is 87.7 Å². The maximum Gasteiger partial charge on any atom is 0.303 e. The first-order valence-electron chi connectivity index (χ1n) is 22.6. The van der Waals surface area contributed by atoms with Crippen molar-refractivity contribution in [2.24, 2.45) is 28.6 Å². The van der Waals surface area contributed by atoms with E-state index in [2.05, 4.69) is 5.16 Å². The summed E-state index contributed by atoms with van der Waals surface area (Å²) in [5.41, 5.74) is -3.36. The standard InChI is InChI=1S/C29H27NO8.C22H29FO5/c31-24-15-21(37-20-3-1-2-4-20)8-10-22(24)28(34)19-6-11-25(18(14-19)7-12-27(32)33)36-16-17-5-9-23-26(13-17)38-30-29(23)35;1-12-8-16-15-5-4-13-9-14(25)6-7-19(13,2)21(15,23)17(26)10-20(16,3)22(12,28)18(27)11-24/h5-6,8-11,13-15,20,31H,1-4,7,12,16H2,(H,30,35)(H,32,33);6-7,9,12,15-17,24,26,28H,4-5,8,10-11H2,1-3H3/t;12-,15+,16+,17+,19+,20+,21+,22+/m.1/s1. The first-order chi connectivity index (χ1) is 31.3. The predicted molar refractivity (Wildman–Crippen MR) is 238 cm³/mol. The van der Waals surface area contributed by atoms with Gasteiger partial charge >= 0.3 is 5.97 Å². The summed E-state index contributed by atoms with van der Waals surface area (Å²) in [6.45, 7) is 4.62. The molecule has 5 aliphatic carbocycles. The molecule has 15 heteroatoms. The summed E-state index contributed by atoms with van der Waals surface area (Å²) in [6, 6.07) is 14.5. The number of ether oxygens (including phenoxy) is 2. The molecule has 0 spiro atoms. The number of nitrogens with one attached hydrogen (secondary N) is 1. The summed E-state index contributed by atoms with van der Waals surface area (Å²) in [4.78, 5) is 60.5. The van der Waals surface area contributed by atoms with Crippen LogP contribution in [0.4, 0.5) is 4.39 Å². The van der Waals surface area contributed by atoms with Crippen molar-refractivity contribution < 1.29 is 63.1 Å². The highest BCUT2D eigenvalue weighted by Gasteiger charge is 2.75. The number of ketones is 3. The summed E-state index contributed by atoms with van der Waals surface area (Å²) < 4.78 is 33.9. The quantitative estimate of drug-likeness (QED) is 0.0798. The van der Waals surface area contributed by atoms with Crippen molar-refractivity contribution in [1.82, 2.24) is 5.16 Å². The summed E-state index contributed by atoms with van der Waals surface area (Å²) in [7, 11) is 0. The number of phenolic OH excluding ortho intramolecular Hbond substituents is 1. The number of carboxylic acid groups (broad SMARTS) is 1. The molecule has 0 unspecified atom stereocenters. The number of carboxylic acids is 1. The monoisotopic (exact) mass is 909 g/mol. The maximum atomic E-state index is 16.9. The molecular weight excluding hydrogens is 854 g/mol. The maximum absolute atomic E-state index is 16.9. The number of alkyl halides is 1. The number of aromatic hydroxyl groups is 1. The number of rotatable bonds is 12. The molecule has 0 saturated heterocycles. The van der Waals surface area contributed by atoms with Crippen LogP contribution in [0, 0.1) is 28.6 Å². The lowest BCUT2D eigenvalue weighted by atomic mass is 9.44. The fraction of sp³-hybridized carbons (Fsp3) is 0.471. The van der Waals surface area contributed by atoms with Gasteiger partial charge in [-0.05, 0) is 142 Å². The van der Waals surface area contributed by atoms with Crippen LogP contribution in [0.2, 0.25) is 0 Å². The van der Waals surface area contributed by atoms with Gasteiger partial charge < -0.3 is 39.5 Å². The number of carbonyl (C=O) groups is 4. The summed E-state index contributed by atoms with van der Waals surface area (Å²) in [5.74, 6) is -2.71. The van der Waals surface area contributed by atoms with E-state index in [1.54, 1.807) is 75.4 Å². The third-order valence-corrected chi connectivity index (χ3v) is 15.5. The molecule has 0 aliphatic heterocycles. The molecule has 9 rings (SSSR count). The number of fused-ring (bicyclic) bond motifs is 6. The molecule has 8 atom stereocenters. The van der Waals surface area contributed by atoms with Gasteiger partial charge in [0.15, 0.2) is 28.6 Å². The first kappa shape index (κ1) is 46.6. The number of aromatic nitrogens is 1. The number of hydrogen-bond acceptors (Lipinski definition) is 12. The van der Waals surface area contributed by atoms with Crippen molar-refractivity contribution in [3.8, 4) is 17.2 Å². The van der Waals surface area contributed by atoms with Crippen LogP contribution in [0.25, 0.3) is 11.0 Å². The second-order valence-electron chi connectivity index (χ2n) is 19.2. The number of carbonyl (C=O) groups excluding carboxylic acids is 3. The molecule has 6 N–H and O–H groups in total. The number of allylic oxidation sites excluding steroid dienone is 4. The van der Waals surface area contributed by atoms with E-state index in [4.69, 9.17) is 14.0 Å². The molecule has 14 nitrogen and oxygen atoms in total. The van der Waals surface area contributed by atoms with Crippen LogP contribution in [-0.4, -0.2) is 84.1 Å². The lowest BCUT2D eigenvalue weighted by molar-refractivity contribution is -0.219. The fourth-order valence-corrected chi connectivity index (χ4v) is 11.9. The molecule has 4 saturated carbocycles. The lowest BCUT2D eigenvalue weighted by Crippen LogP contribution is -2.69. The van der Waals surface area contributed by atoms with Crippen molar-refractivity contribution in [3.63, 3.8) is 0 Å². The number of halogens is 1. The van der Waals surface area contributed by atoms with Crippen LogP contribution >= 0.6 is 0 Å². The van der Waals surface area contributed by atoms with E-state index in [1.165, 1.54) is 18.2 Å². The minimum atomic E-state index is -1.98. The molecule has 1 aromatic heterocycles. The Labute approximate surface area is 380 Å². The largest absolute Gasteiger partial charge is 0.507 e. The van der Waals surface area contributed by atoms with Gasteiger partial charge in [0.05, 0.1) is 23.2 Å². The number of hydrogen-bond donors (Lipinski definition) is 6. The normalized spacial score (nSPS) is 30.1. The van der Waals surface area contributed by atoms with Crippen LogP contribution < -0.4 is 15.0 Å². The Bertz CT molecular complexity index is 2700. The van der Waals surface area contributed by atoms with Crippen LogP contribution in [0.5, 0.6) is 17.2 Å². The van der Waals surface area contributed by atoms with Gasteiger partial charge in [0, 0.05) is 34.8 Å². The molecule has 4 fully saturated rings. The molecule has 66 heavy (non-hydrogen) atoms. The van der Waals surface area contributed by atoms with Crippen molar-refractivity contribution in [2.75, 3.05) is 6.61 Å². The average molecular weight is 910 g/mol. The Kier molecular flexibility index (Phi) is 12.5. The van der Waals surface area contributed by atoms with Crippen molar-refractivity contribution in [2.45, 2.75) is 115 Å². The highest BCUT2D eigenvalue weighted by atomic mass is 19.1. The van der Waals surface area contributed by atoms with Gasteiger partial charge in [0.25, 0.3) is 5.56 Å². The number of H-pyrrole nitrogens is 1. The molecule has 1 heterocycles. The Balaban J connectivity index is 0.000000188. The lowest BCUT2D eigenvalue weighted by Gasteiger charge is -2.62. The number of aliphatic carboxylic acids is 1. The number of phenols is 1. The van der Waals surface area contributed by atoms with Gasteiger partial charge in [0.1, 0.15) is 36.1 Å². The van der Waals surface area contributed by atoms with E-state index in [0.29, 0.717) is 58.4 Å². The van der Waals surface area contributed by atoms with Gasteiger partial charge in [-0.3, -0.25) is 24.0 Å². The predicted octanol–water partition coefficient (Wildman–Crippen LogP) is 6.87. The van der Waals surface area contributed by atoms with Crippen molar-refractivity contribution in [1.29, 1.82) is 0 Å². The van der Waals surface area contributed by atoms with Crippen molar-refractivity contribution >= 4 is 34.3 Å². The molecule has 350 valence electrons. The Morgan fingerprint density at radius 3 is 2.45 bits per heavy atom. The van der Waals surface area contributed by atoms with Gasteiger partial charge in [-0.25, -0.2) is 4.39 Å². The third kappa shape index (κ3) is 7.87. The molecular formula is C51H56FNO13. The zero-order valence-corrected chi connectivity index (χ0v) is 37.2. The Morgan fingerprint density at radius 1 is 0.985 bits per heavy atom. The molecule has 3 aromatic carbocycles. The number of Topliss-reactive ketones (excluding diaryl/α,β-unsaturated/α-hetero) is 1. The topological polar surface area (TPSA) is 234 Å². The second-order valence-corrected chi connectivity index (χ2v) is 19.2. The Hall–Kier alpha value is -5.90. The highest BCUT2D eigenvalue weighted by molar-refractivity contribution is 6.11. The van der Waals surface area contributed by atoms with E-state index in [0.717, 1.165) is 31.2 Å². The van der Waals surface area contributed by atoms with Crippen LogP contribution in [0.3, 0.4) is 0 Å². The van der Waals surface area contributed by atoms with Crippen LogP contribution in [0.1, 0.15) is 106 Å². The molecule has 0 bridgehead atoms. The van der Waals surface area contributed by atoms with Gasteiger partial charge in [-0.2, -0.15) is 5.16 Å². The van der Waals surface area contributed by atoms with E-state index in [-0.39, 0.29) is 60.5 Å². The molecule has 0 amide bonds. The second kappa shape index (κ2) is 17.7. The van der Waals surface area contributed by atoms with E-state index >= 15 is 4.39 Å². The molecule has 0 radical (unpaired) electrons. The smallest absolute Gasteiger partial charge is 0.303 e. The summed E-state index contributed by atoms with van der Waals surface area (Å²) >= 11 is 0. The van der Waals surface area contributed by atoms with E-state index in [1.807, 2.05) is 0 Å². The van der Waals surface area contributed by atoms with E-state index < -0.39 is 64.2 Å². The summed E-state index contributed by atoms with van der Waals surface area (Å²) in [6.07, 6.45) is 8.77. The zero-order valence-electron chi connectivity index (χ0n) is 37.2. The first-order valence-corrected chi connectivity index (χ1v) is 22.6. The van der Waals surface area contributed by atoms with Gasteiger partial charge in [-0.1, -0.05) is 31.6 Å². The van der Waals surface area contributed by atoms with E-state index in [9.17, 15) is 49.5 Å². The summed E-state index contributed by atoms with van der Waals surface area (Å²) in [5, 5.41) is 54.4. The fourth-order valence-electron chi connectivity index (χ4n) is 11.9. The minimum absolute atomic E-state index is 0.0676. The SMILES string of the molecule is C[C@@H]1C[C@H]2[C@@H]3CCC4=CC(=O)C=C[C@]4(C)[C@@]3(F)[C@@H](O)C[C@]2(C)[C@@]1(O)C(=O)CO.O=C(O)CCc1cc(C(=O)c2ccc(OC3CCCC3)cc2O)ccc1OCc1ccc2c(=O)[nH]oc2c1. The number of aliphatic hydroxyl groups excluding tert-OH is 2. The van der Waals surface area contributed by atoms with Crippen LogP contribution in [-0.2, 0) is 27.4 Å². The number of aromatic amines is 1. The zero-order chi connectivity index (χ0) is 47.3.